The third kappa shape index (κ3) is 3.47. The fraction of sp³-hybridized carbons (Fsp3) is 0.269. The molecule has 0 spiro atoms. The minimum atomic E-state index is -0.0323. The molecular formula is C26H30N+. The number of aryl methyl sites for hydroxylation is 2. The molecule has 0 radical (unpaired) electrons. The molecule has 1 nitrogen and oxygen atoms in total. The van der Waals surface area contributed by atoms with Crippen molar-refractivity contribution in [3.8, 4) is 22.4 Å². The van der Waals surface area contributed by atoms with Crippen LogP contribution in [0.5, 0.6) is 0 Å². The van der Waals surface area contributed by atoms with Crippen molar-refractivity contribution in [3.63, 3.8) is 0 Å². The largest absolute Gasteiger partial charge is 0.212 e. The molecular weight excluding hydrogens is 326 g/mol. The van der Waals surface area contributed by atoms with Gasteiger partial charge in [-0.3, -0.25) is 0 Å². The van der Waals surface area contributed by atoms with E-state index in [-0.39, 0.29) is 5.41 Å². The third-order valence-corrected chi connectivity index (χ3v) is 5.97. The van der Waals surface area contributed by atoms with Gasteiger partial charge in [0.25, 0.3) is 0 Å². The SMILES string of the molecule is C=CC(CC)(CC)c1cc(-c2ccccc2)c(C)cc1-c1cccc[n+]1C. The molecule has 1 heterocycles. The van der Waals surface area contributed by atoms with Crippen LogP contribution in [-0.4, -0.2) is 0 Å². The van der Waals surface area contributed by atoms with Crippen LogP contribution in [0, 0.1) is 6.92 Å². The van der Waals surface area contributed by atoms with Crippen LogP contribution in [0.3, 0.4) is 0 Å². The molecule has 2 aromatic carbocycles. The van der Waals surface area contributed by atoms with Gasteiger partial charge in [-0.1, -0.05) is 50.3 Å². The molecule has 0 unspecified atom stereocenters. The lowest BCUT2D eigenvalue weighted by Gasteiger charge is -2.31. The molecule has 0 aliphatic heterocycles. The van der Waals surface area contributed by atoms with Crippen molar-refractivity contribution >= 4 is 0 Å². The quantitative estimate of drug-likeness (QED) is 0.355. The summed E-state index contributed by atoms with van der Waals surface area (Å²) in [5.74, 6) is 0. The second kappa shape index (κ2) is 7.92. The average molecular weight is 357 g/mol. The zero-order chi connectivity index (χ0) is 19.4. The van der Waals surface area contributed by atoms with Gasteiger partial charge < -0.3 is 0 Å². The van der Waals surface area contributed by atoms with Crippen molar-refractivity contribution in [3.05, 3.63) is 90.6 Å². The number of benzene rings is 2. The van der Waals surface area contributed by atoms with E-state index in [9.17, 15) is 0 Å². The predicted molar refractivity (Wildman–Crippen MR) is 116 cm³/mol. The summed E-state index contributed by atoms with van der Waals surface area (Å²) in [6.07, 6.45) is 6.34. The second-order valence-corrected chi connectivity index (χ2v) is 7.34. The number of hydrogen-bond acceptors (Lipinski definition) is 0. The summed E-state index contributed by atoms with van der Waals surface area (Å²) in [4.78, 5) is 0. The second-order valence-electron chi connectivity index (χ2n) is 7.34. The molecule has 0 bridgehead atoms. The van der Waals surface area contributed by atoms with Crippen molar-refractivity contribution in [2.24, 2.45) is 7.05 Å². The molecule has 138 valence electrons. The van der Waals surface area contributed by atoms with Crippen molar-refractivity contribution in [1.29, 1.82) is 0 Å². The van der Waals surface area contributed by atoms with Gasteiger partial charge in [-0.15, -0.1) is 6.58 Å². The first-order valence-corrected chi connectivity index (χ1v) is 9.85. The summed E-state index contributed by atoms with van der Waals surface area (Å²) in [5, 5.41) is 0. The summed E-state index contributed by atoms with van der Waals surface area (Å²) in [6, 6.07) is 21.9. The summed E-state index contributed by atoms with van der Waals surface area (Å²) < 4.78 is 2.21. The minimum absolute atomic E-state index is 0.0323. The zero-order valence-corrected chi connectivity index (χ0v) is 17.0. The molecule has 3 aromatic rings. The monoisotopic (exact) mass is 356 g/mol. The van der Waals surface area contributed by atoms with Crippen molar-refractivity contribution in [1.82, 2.24) is 0 Å². The van der Waals surface area contributed by atoms with Crippen LogP contribution in [-0.2, 0) is 12.5 Å². The van der Waals surface area contributed by atoms with Crippen LogP contribution >= 0.6 is 0 Å². The van der Waals surface area contributed by atoms with E-state index in [0.29, 0.717) is 0 Å². The van der Waals surface area contributed by atoms with Crippen LogP contribution in [0.2, 0.25) is 0 Å². The smallest absolute Gasteiger partial charge is 0.201 e. The van der Waals surface area contributed by atoms with Gasteiger partial charge in [-0.25, -0.2) is 4.57 Å². The molecule has 0 fully saturated rings. The Labute approximate surface area is 164 Å². The normalized spacial score (nSPS) is 11.4. The Kier molecular flexibility index (Phi) is 5.60. The lowest BCUT2D eigenvalue weighted by molar-refractivity contribution is -0.660. The first-order valence-electron chi connectivity index (χ1n) is 9.85. The van der Waals surface area contributed by atoms with Gasteiger partial charge in [0.05, 0.1) is 5.56 Å². The van der Waals surface area contributed by atoms with E-state index in [4.69, 9.17) is 0 Å². The van der Waals surface area contributed by atoms with Crippen LogP contribution in [0.15, 0.2) is 79.5 Å². The Bertz CT molecular complexity index is 934. The molecule has 0 saturated heterocycles. The molecule has 0 atom stereocenters. The number of rotatable bonds is 6. The van der Waals surface area contributed by atoms with Gasteiger partial charge in [-0.05, 0) is 60.2 Å². The molecule has 0 N–H and O–H groups in total. The summed E-state index contributed by atoms with van der Waals surface area (Å²) in [6.45, 7) is 11.0. The molecule has 1 heteroatoms. The van der Waals surface area contributed by atoms with Gasteiger partial charge in [-0.2, -0.15) is 0 Å². The molecule has 27 heavy (non-hydrogen) atoms. The Morgan fingerprint density at radius 2 is 1.59 bits per heavy atom. The van der Waals surface area contributed by atoms with Crippen LogP contribution in [0.1, 0.15) is 37.8 Å². The van der Waals surface area contributed by atoms with Crippen LogP contribution in [0.25, 0.3) is 22.4 Å². The van der Waals surface area contributed by atoms with E-state index < -0.39 is 0 Å². The number of allylic oxidation sites excluding steroid dienone is 1. The number of aromatic nitrogens is 1. The van der Waals surface area contributed by atoms with E-state index in [1.807, 2.05) is 0 Å². The Balaban J connectivity index is 2.36. The topological polar surface area (TPSA) is 3.88 Å². The number of hydrogen-bond donors (Lipinski definition) is 0. The molecule has 0 saturated carbocycles. The maximum absolute atomic E-state index is 4.23. The number of pyridine rings is 1. The fourth-order valence-electron chi connectivity index (χ4n) is 4.09. The van der Waals surface area contributed by atoms with E-state index in [1.165, 1.54) is 33.5 Å². The van der Waals surface area contributed by atoms with Crippen LogP contribution < -0.4 is 4.57 Å². The summed E-state index contributed by atoms with van der Waals surface area (Å²) >= 11 is 0. The van der Waals surface area contributed by atoms with Gasteiger partial charge >= 0.3 is 0 Å². The highest BCUT2D eigenvalue weighted by molar-refractivity contribution is 5.76. The average Bonchev–Trinajstić information content (AvgIpc) is 2.71. The first-order chi connectivity index (χ1) is 13.1. The van der Waals surface area contributed by atoms with E-state index >= 15 is 0 Å². The molecule has 0 aliphatic rings. The summed E-state index contributed by atoms with van der Waals surface area (Å²) in [5.41, 5.74) is 7.76. The van der Waals surface area contributed by atoms with Crippen molar-refractivity contribution in [2.75, 3.05) is 0 Å². The van der Waals surface area contributed by atoms with E-state index in [2.05, 4.69) is 112 Å². The maximum Gasteiger partial charge on any atom is 0.212 e. The highest BCUT2D eigenvalue weighted by atomic mass is 14.9. The lowest BCUT2D eigenvalue weighted by Crippen LogP contribution is -2.32. The first kappa shape index (κ1) is 19.1. The Hall–Kier alpha value is -2.67. The van der Waals surface area contributed by atoms with E-state index in [0.717, 1.165) is 12.8 Å². The molecule has 0 aliphatic carbocycles. The third-order valence-electron chi connectivity index (χ3n) is 5.97. The van der Waals surface area contributed by atoms with Crippen molar-refractivity contribution < 1.29 is 4.57 Å². The maximum atomic E-state index is 4.23. The Morgan fingerprint density at radius 1 is 0.926 bits per heavy atom. The standard InChI is InChI=1S/C26H30N/c1-6-26(7-2,8-3)24-19-22(21-14-10-9-11-15-21)20(4)18-23(24)25-16-12-13-17-27(25)5/h6,9-19H,1,7-8H2,2-5H3/q+1. The fourth-order valence-corrected chi connectivity index (χ4v) is 4.09. The predicted octanol–water partition coefficient (Wildman–Crippen LogP) is 6.40. The highest BCUT2D eigenvalue weighted by Crippen LogP contribution is 2.41. The molecule has 1 aromatic heterocycles. The van der Waals surface area contributed by atoms with E-state index in [1.54, 1.807) is 0 Å². The summed E-state index contributed by atoms with van der Waals surface area (Å²) in [7, 11) is 2.12. The van der Waals surface area contributed by atoms with Gasteiger partial charge in [0, 0.05) is 17.5 Å². The highest BCUT2D eigenvalue weighted by Gasteiger charge is 2.31. The van der Waals surface area contributed by atoms with Gasteiger partial charge in [0.15, 0.2) is 6.20 Å². The molecule has 3 rings (SSSR count). The van der Waals surface area contributed by atoms with Crippen molar-refractivity contribution in [2.45, 2.75) is 39.0 Å². The van der Waals surface area contributed by atoms with Crippen LogP contribution in [0.4, 0.5) is 0 Å². The zero-order valence-electron chi connectivity index (χ0n) is 17.0. The minimum Gasteiger partial charge on any atom is -0.201 e. The van der Waals surface area contributed by atoms with Gasteiger partial charge in [0.1, 0.15) is 7.05 Å². The lowest BCUT2D eigenvalue weighted by atomic mass is 9.72. The molecule has 0 amide bonds. The van der Waals surface area contributed by atoms with Gasteiger partial charge in [0.2, 0.25) is 5.69 Å². The number of nitrogens with zero attached hydrogens (tertiary/aromatic N) is 1. The Morgan fingerprint density at radius 3 is 2.19 bits per heavy atom.